The van der Waals surface area contributed by atoms with Gasteiger partial charge in [0.2, 0.25) is 0 Å². The third-order valence-electron chi connectivity index (χ3n) is 4.10. The SMILES string of the molecule is COc1c(C)cnc(CC2(O)CCCSC2C)c1C. The molecule has 4 heteroatoms. The van der Waals surface area contributed by atoms with Crippen molar-refractivity contribution >= 4 is 11.8 Å². The molecule has 1 fully saturated rings. The molecule has 0 saturated carbocycles. The molecule has 2 atom stereocenters. The molecule has 3 nitrogen and oxygen atoms in total. The molecule has 1 N–H and O–H groups in total. The Morgan fingerprint density at radius 1 is 1.53 bits per heavy atom. The lowest BCUT2D eigenvalue weighted by atomic mass is 9.87. The largest absolute Gasteiger partial charge is 0.496 e. The zero-order chi connectivity index (χ0) is 14.0. The van der Waals surface area contributed by atoms with Gasteiger partial charge in [-0.1, -0.05) is 6.92 Å². The number of methoxy groups -OCH3 is 1. The Hall–Kier alpha value is -0.740. The Kier molecular flexibility index (Phi) is 4.41. The number of aryl methyl sites for hydroxylation is 1. The fourth-order valence-electron chi connectivity index (χ4n) is 2.77. The molecule has 0 aromatic carbocycles. The quantitative estimate of drug-likeness (QED) is 0.925. The highest BCUT2D eigenvalue weighted by atomic mass is 32.2. The van der Waals surface area contributed by atoms with Crippen molar-refractivity contribution in [2.45, 2.75) is 50.9 Å². The van der Waals surface area contributed by atoms with Crippen LogP contribution >= 0.6 is 11.8 Å². The molecule has 1 saturated heterocycles. The first-order chi connectivity index (χ1) is 8.98. The van der Waals surface area contributed by atoms with Gasteiger partial charge >= 0.3 is 0 Å². The number of ether oxygens (including phenoxy) is 1. The lowest BCUT2D eigenvalue weighted by molar-refractivity contribution is 0.0286. The van der Waals surface area contributed by atoms with Gasteiger partial charge in [0.15, 0.2) is 0 Å². The lowest BCUT2D eigenvalue weighted by Gasteiger charge is -2.37. The van der Waals surface area contributed by atoms with Gasteiger partial charge in [-0.15, -0.1) is 0 Å². The van der Waals surface area contributed by atoms with Crippen LogP contribution in [-0.4, -0.2) is 33.8 Å². The zero-order valence-electron chi connectivity index (χ0n) is 12.2. The van der Waals surface area contributed by atoms with Crippen molar-refractivity contribution in [3.8, 4) is 5.75 Å². The maximum Gasteiger partial charge on any atom is 0.128 e. The first-order valence-electron chi connectivity index (χ1n) is 6.81. The minimum Gasteiger partial charge on any atom is -0.496 e. The molecular weight excluding hydrogens is 258 g/mol. The summed E-state index contributed by atoms with van der Waals surface area (Å²) in [5.41, 5.74) is 2.42. The van der Waals surface area contributed by atoms with Crippen molar-refractivity contribution in [1.82, 2.24) is 4.98 Å². The summed E-state index contributed by atoms with van der Waals surface area (Å²) in [6.45, 7) is 6.14. The zero-order valence-corrected chi connectivity index (χ0v) is 13.0. The van der Waals surface area contributed by atoms with E-state index in [4.69, 9.17) is 4.74 Å². The van der Waals surface area contributed by atoms with E-state index in [-0.39, 0.29) is 5.25 Å². The van der Waals surface area contributed by atoms with E-state index in [0.29, 0.717) is 6.42 Å². The van der Waals surface area contributed by atoms with Crippen LogP contribution in [0.1, 0.15) is 36.6 Å². The third kappa shape index (κ3) is 2.90. The molecule has 2 rings (SSSR count). The van der Waals surface area contributed by atoms with E-state index >= 15 is 0 Å². The van der Waals surface area contributed by atoms with Crippen LogP contribution in [0.15, 0.2) is 6.20 Å². The molecule has 0 bridgehead atoms. The predicted octanol–water partition coefficient (Wildman–Crippen LogP) is 2.90. The molecule has 106 valence electrons. The molecule has 0 aliphatic carbocycles. The number of thioether (sulfide) groups is 1. The molecule has 2 unspecified atom stereocenters. The molecule has 1 aliphatic heterocycles. The van der Waals surface area contributed by atoms with Gasteiger partial charge in [0.25, 0.3) is 0 Å². The molecule has 19 heavy (non-hydrogen) atoms. The summed E-state index contributed by atoms with van der Waals surface area (Å²) >= 11 is 1.85. The Balaban J connectivity index is 2.28. The molecule has 0 radical (unpaired) electrons. The maximum atomic E-state index is 10.8. The van der Waals surface area contributed by atoms with E-state index in [9.17, 15) is 5.11 Å². The highest BCUT2D eigenvalue weighted by Crippen LogP contribution is 2.37. The molecule has 0 spiro atoms. The molecular formula is C15H23NO2S. The minimum absolute atomic E-state index is 0.259. The number of hydrogen-bond donors (Lipinski definition) is 1. The number of hydrogen-bond acceptors (Lipinski definition) is 4. The van der Waals surface area contributed by atoms with Crippen LogP contribution in [0.3, 0.4) is 0 Å². The molecule has 1 aliphatic rings. The van der Waals surface area contributed by atoms with Crippen molar-refractivity contribution in [3.63, 3.8) is 0 Å². The lowest BCUT2D eigenvalue weighted by Crippen LogP contribution is -2.44. The van der Waals surface area contributed by atoms with Crippen molar-refractivity contribution < 1.29 is 9.84 Å². The Morgan fingerprint density at radius 3 is 2.89 bits per heavy atom. The smallest absolute Gasteiger partial charge is 0.128 e. The van der Waals surface area contributed by atoms with E-state index < -0.39 is 5.60 Å². The number of aromatic nitrogens is 1. The van der Waals surface area contributed by atoms with E-state index in [0.717, 1.165) is 41.2 Å². The van der Waals surface area contributed by atoms with Crippen LogP contribution in [-0.2, 0) is 6.42 Å². The molecule has 2 heterocycles. The second-order valence-electron chi connectivity index (χ2n) is 5.44. The Morgan fingerprint density at radius 2 is 2.26 bits per heavy atom. The monoisotopic (exact) mass is 281 g/mol. The van der Waals surface area contributed by atoms with Gasteiger partial charge in [0, 0.05) is 34.7 Å². The van der Waals surface area contributed by atoms with Crippen LogP contribution in [0.25, 0.3) is 0 Å². The average Bonchev–Trinajstić information content (AvgIpc) is 2.38. The minimum atomic E-state index is -0.638. The van der Waals surface area contributed by atoms with Gasteiger partial charge in [0.05, 0.1) is 12.7 Å². The summed E-state index contributed by atoms with van der Waals surface area (Å²) in [6, 6.07) is 0. The van der Waals surface area contributed by atoms with Crippen LogP contribution < -0.4 is 4.74 Å². The second-order valence-corrected chi connectivity index (χ2v) is 6.89. The number of rotatable bonds is 3. The fraction of sp³-hybridized carbons (Fsp3) is 0.667. The Labute approximate surface area is 119 Å². The summed E-state index contributed by atoms with van der Waals surface area (Å²) in [7, 11) is 1.69. The van der Waals surface area contributed by atoms with Crippen LogP contribution in [0, 0.1) is 13.8 Å². The summed E-state index contributed by atoms with van der Waals surface area (Å²) in [6.07, 6.45) is 4.39. The first-order valence-corrected chi connectivity index (χ1v) is 7.86. The second kappa shape index (κ2) is 5.71. The summed E-state index contributed by atoms with van der Waals surface area (Å²) in [4.78, 5) is 4.51. The highest BCUT2D eigenvalue weighted by molar-refractivity contribution is 8.00. The van der Waals surface area contributed by atoms with Gasteiger partial charge in [-0.25, -0.2) is 0 Å². The number of pyridine rings is 1. The average molecular weight is 281 g/mol. The normalized spacial score (nSPS) is 27.3. The Bertz CT molecular complexity index is 464. The van der Waals surface area contributed by atoms with Crippen molar-refractivity contribution in [1.29, 1.82) is 0 Å². The topological polar surface area (TPSA) is 42.4 Å². The summed E-state index contributed by atoms with van der Waals surface area (Å²) < 4.78 is 5.44. The van der Waals surface area contributed by atoms with Crippen molar-refractivity contribution in [3.05, 3.63) is 23.0 Å². The van der Waals surface area contributed by atoms with Gasteiger partial charge in [-0.05, 0) is 32.4 Å². The fourth-order valence-corrected chi connectivity index (χ4v) is 3.94. The maximum absolute atomic E-state index is 10.8. The van der Waals surface area contributed by atoms with Crippen LogP contribution in [0.4, 0.5) is 0 Å². The van der Waals surface area contributed by atoms with E-state index in [1.165, 1.54) is 0 Å². The van der Waals surface area contributed by atoms with Crippen molar-refractivity contribution in [2.75, 3.05) is 12.9 Å². The highest BCUT2D eigenvalue weighted by Gasteiger charge is 2.37. The molecule has 1 aromatic heterocycles. The van der Waals surface area contributed by atoms with Gasteiger partial charge < -0.3 is 9.84 Å². The van der Waals surface area contributed by atoms with Gasteiger partial charge in [-0.2, -0.15) is 11.8 Å². The molecule has 0 amide bonds. The first kappa shape index (κ1) is 14.7. The van der Waals surface area contributed by atoms with Crippen LogP contribution in [0.5, 0.6) is 5.75 Å². The standard InChI is InChI=1S/C15H23NO2S/c1-10-9-16-13(11(2)14(10)18-4)8-15(17)6-5-7-19-12(15)3/h9,12,17H,5-8H2,1-4H3. The van der Waals surface area contributed by atoms with Gasteiger partial charge in [-0.3, -0.25) is 4.98 Å². The molecule has 1 aromatic rings. The van der Waals surface area contributed by atoms with Crippen molar-refractivity contribution in [2.24, 2.45) is 0 Å². The summed E-state index contributed by atoms with van der Waals surface area (Å²) in [5.74, 6) is 2.04. The van der Waals surface area contributed by atoms with E-state index in [1.807, 2.05) is 31.8 Å². The van der Waals surface area contributed by atoms with E-state index in [1.54, 1.807) is 7.11 Å². The number of aliphatic hydroxyl groups is 1. The summed E-state index contributed by atoms with van der Waals surface area (Å²) in [5, 5.41) is 11.1. The number of nitrogens with zero attached hydrogens (tertiary/aromatic N) is 1. The van der Waals surface area contributed by atoms with Crippen LogP contribution in [0.2, 0.25) is 0 Å². The van der Waals surface area contributed by atoms with Gasteiger partial charge in [0.1, 0.15) is 5.75 Å². The predicted molar refractivity (Wildman–Crippen MR) is 80.1 cm³/mol. The van der Waals surface area contributed by atoms with E-state index in [2.05, 4.69) is 11.9 Å². The third-order valence-corrected chi connectivity index (χ3v) is 5.57.